The molecule has 0 aromatic heterocycles. The minimum Gasteiger partial charge on any atom is -0.334 e. The summed E-state index contributed by atoms with van der Waals surface area (Å²) in [7, 11) is 0. The average Bonchev–Trinajstić information content (AvgIpc) is 3.36. The molecule has 2 heterocycles. The highest BCUT2D eigenvalue weighted by atomic mass is 35.5. The highest BCUT2D eigenvalue weighted by molar-refractivity contribution is 8.19. The first kappa shape index (κ1) is 22.9. The van der Waals surface area contributed by atoms with Crippen LogP contribution in [0.4, 0.5) is 5.69 Å². The van der Waals surface area contributed by atoms with Crippen LogP contribution in [0.3, 0.4) is 0 Å². The molecular formula is C26H28ClN3OS2. The van der Waals surface area contributed by atoms with E-state index in [0.717, 1.165) is 50.6 Å². The van der Waals surface area contributed by atoms with Crippen molar-refractivity contribution in [2.75, 3.05) is 11.4 Å². The first-order chi connectivity index (χ1) is 16.1. The molecule has 3 aliphatic rings. The van der Waals surface area contributed by atoms with E-state index in [1.54, 1.807) is 23.5 Å². The number of fused-ring (bicyclic) bond motifs is 1. The van der Waals surface area contributed by atoms with Gasteiger partial charge in [0.15, 0.2) is 5.17 Å². The van der Waals surface area contributed by atoms with Crippen LogP contribution in [0.1, 0.15) is 57.6 Å². The molecular weight excluding hydrogens is 470 g/mol. The Hall–Kier alpha value is -1.89. The van der Waals surface area contributed by atoms with Crippen LogP contribution in [0.25, 0.3) is 0 Å². The monoisotopic (exact) mass is 497 g/mol. The Labute approximate surface area is 209 Å². The zero-order valence-corrected chi connectivity index (χ0v) is 21.3. The van der Waals surface area contributed by atoms with Gasteiger partial charge in [-0.2, -0.15) is 0 Å². The Kier molecular flexibility index (Phi) is 6.77. The molecule has 0 N–H and O–H groups in total. The summed E-state index contributed by atoms with van der Waals surface area (Å²) in [5.41, 5.74) is 2.24. The topological polar surface area (TPSA) is 35.9 Å². The fourth-order valence-corrected chi connectivity index (χ4v) is 7.44. The maximum atomic E-state index is 13.9. The second-order valence-electron chi connectivity index (χ2n) is 8.66. The lowest BCUT2D eigenvalue weighted by Crippen LogP contribution is -2.41. The van der Waals surface area contributed by atoms with Crippen molar-refractivity contribution in [3.8, 4) is 0 Å². The number of amides is 1. The molecule has 1 aliphatic carbocycles. The van der Waals surface area contributed by atoms with Crippen LogP contribution in [-0.2, 0) is 4.79 Å². The van der Waals surface area contributed by atoms with Crippen molar-refractivity contribution in [2.24, 2.45) is 4.99 Å². The second kappa shape index (κ2) is 9.77. The van der Waals surface area contributed by atoms with Crippen LogP contribution in [0.5, 0.6) is 0 Å². The maximum absolute atomic E-state index is 13.9. The van der Waals surface area contributed by atoms with Crippen LogP contribution in [0, 0.1) is 0 Å². The van der Waals surface area contributed by atoms with Crippen molar-refractivity contribution < 1.29 is 4.79 Å². The molecule has 2 aromatic rings. The Balaban J connectivity index is 1.54. The number of aliphatic imine (C=N–C) groups is 1. The van der Waals surface area contributed by atoms with E-state index in [9.17, 15) is 4.79 Å². The largest absolute Gasteiger partial charge is 0.334 e. The Morgan fingerprint density at radius 3 is 2.58 bits per heavy atom. The van der Waals surface area contributed by atoms with E-state index in [2.05, 4.69) is 30.9 Å². The molecule has 1 amide bonds. The number of carbonyl (C=O) groups excluding carboxylic acids is 1. The summed E-state index contributed by atoms with van der Waals surface area (Å²) in [6, 6.07) is 16.5. The van der Waals surface area contributed by atoms with Gasteiger partial charge in [0.05, 0.1) is 11.7 Å². The summed E-state index contributed by atoms with van der Waals surface area (Å²) in [4.78, 5) is 25.2. The van der Waals surface area contributed by atoms with Gasteiger partial charge >= 0.3 is 0 Å². The van der Waals surface area contributed by atoms with Crippen LogP contribution in [-0.4, -0.2) is 28.6 Å². The smallest absolute Gasteiger partial charge is 0.269 e. The molecule has 1 saturated heterocycles. The highest BCUT2D eigenvalue weighted by Gasteiger charge is 2.43. The highest BCUT2D eigenvalue weighted by Crippen LogP contribution is 2.52. The molecule has 0 bridgehead atoms. The lowest BCUT2D eigenvalue weighted by Gasteiger charge is -2.30. The quantitative estimate of drug-likeness (QED) is 0.410. The van der Waals surface area contributed by atoms with Gasteiger partial charge in [-0.05, 0) is 62.2 Å². The number of thioether (sulfide) groups is 2. The molecule has 2 aliphatic heterocycles. The van der Waals surface area contributed by atoms with E-state index in [0.29, 0.717) is 5.02 Å². The van der Waals surface area contributed by atoms with E-state index < -0.39 is 0 Å². The van der Waals surface area contributed by atoms with Crippen LogP contribution in [0.15, 0.2) is 68.4 Å². The number of anilines is 1. The van der Waals surface area contributed by atoms with Gasteiger partial charge in [0, 0.05) is 22.5 Å². The summed E-state index contributed by atoms with van der Waals surface area (Å²) in [5, 5.41) is 2.56. The molecule has 1 saturated carbocycles. The van der Waals surface area contributed by atoms with E-state index in [4.69, 9.17) is 16.6 Å². The zero-order valence-electron chi connectivity index (χ0n) is 19.0. The summed E-state index contributed by atoms with van der Waals surface area (Å²) < 4.78 is 0. The number of nitrogens with zero attached hydrogens (tertiary/aromatic N) is 3. The Morgan fingerprint density at radius 1 is 1.09 bits per heavy atom. The summed E-state index contributed by atoms with van der Waals surface area (Å²) in [5.74, 6) is 0.103. The third kappa shape index (κ3) is 4.45. The van der Waals surface area contributed by atoms with Crippen molar-refractivity contribution in [1.29, 1.82) is 0 Å². The molecule has 0 spiro atoms. The number of rotatable bonds is 4. The number of benzene rings is 2. The number of hydrogen-bond donors (Lipinski definition) is 0. The third-order valence-electron chi connectivity index (χ3n) is 6.51. The fourth-order valence-electron chi connectivity index (χ4n) is 4.78. The molecule has 0 unspecified atom stereocenters. The zero-order chi connectivity index (χ0) is 22.9. The van der Waals surface area contributed by atoms with E-state index in [-0.39, 0.29) is 18.0 Å². The summed E-state index contributed by atoms with van der Waals surface area (Å²) in [6.45, 7) is 5.01. The first-order valence-corrected chi connectivity index (χ1v) is 13.7. The van der Waals surface area contributed by atoms with Crippen LogP contribution >= 0.6 is 35.1 Å². The van der Waals surface area contributed by atoms with Crippen LogP contribution in [0.2, 0.25) is 5.02 Å². The van der Waals surface area contributed by atoms with Gasteiger partial charge in [0.2, 0.25) is 0 Å². The average molecular weight is 498 g/mol. The van der Waals surface area contributed by atoms with Crippen molar-refractivity contribution >= 4 is 51.9 Å². The van der Waals surface area contributed by atoms with Gasteiger partial charge in [-0.25, -0.2) is 0 Å². The molecule has 172 valence electrons. The number of amidine groups is 1. The summed E-state index contributed by atoms with van der Waals surface area (Å²) >= 11 is 9.51. The number of halogens is 1. The minimum atomic E-state index is -0.00791. The van der Waals surface area contributed by atoms with E-state index in [1.807, 2.05) is 41.3 Å². The number of hydrogen-bond acceptors (Lipinski definition) is 5. The Morgan fingerprint density at radius 2 is 1.85 bits per heavy atom. The molecule has 2 fully saturated rings. The minimum absolute atomic E-state index is 0.00791. The molecule has 1 atom stereocenters. The van der Waals surface area contributed by atoms with Gasteiger partial charge in [0.25, 0.3) is 5.91 Å². The predicted molar refractivity (Wildman–Crippen MR) is 141 cm³/mol. The van der Waals surface area contributed by atoms with Crippen LogP contribution < -0.4 is 4.90 Å². The number of carbonyl (C=O) groups is 1. The molecule has 7 heteroatoms. The molecule has 2 aromatic carbocycles. The molecule has 33 heavy (non-hydrogen) atoms. The van der Waals surface area contributed by atoms with Crippen molar-refractivity contribution in [1.82, 2.24) is 4.90 Å². The molecule has 4 nitrogen and oxygen atoms in total. The standard InChI is InChI=1S/C26H28ClN3OS2/c1-3-29-21-16-19(27)14-15-22(21)32-25(29)23-24(31)30(20-12-8-5-9-13-20)26(33-23)28-17(2)18-10-6-4-7-11-18/h4,6-7,10-11,14-17,20H,3,5,8-9,12-13H2,1-2H3/b25-23-,28-26?/t17-/m0/s1. The molecule has 5 rings (SSSR count). The van der Waals surface area contributed by atoms with Crippen molar-refractivity contribution in [3.05, 3.63) is 69.1 Å². The van der Waals surface area contributed by atoms with Gasteiger partial charge < -0.3 is 4.90 Å². The van der Waals surface area contributed by atoms with E-state index in [1.165, 1.54) is 19.3 Å². The summed E-state index contributed by atoms with van der Waals surface area (Å²) in [6.07, 6.45) is 5.70. The third-order valence-corrected chi connectivity index (χ3v) is 9.12. The predicted octanol–water partition coefficient (Wildman–Crippen LogP) is 7.47. The van der Waals surface area contributed by atoms with E-state index >= 15 is 0 Å². The van der Waals surface area contributed by atoms with Crippen molar-refractivity contribution in [2.45, 2.75) is 62.9 Å². The first-order valence-electron chi connectivity index (χ1n) is 11.7. The fraction of sp³-hybridized carbons (Fsp3) is 0.385. The second-order valence-corrected chi connectivity index (χ2v) is 11.1. The van der Waals surface area contributed by atoms with Gasteiger partial charge in [0.1, 0.15) is 9.93 Å². The SMILES string of the molecule is CCN1/C(=C2/SC(=N[C@@H](C)c3ccccc3)N(C3CCCCC3)C2=O)Sc2ccc(Cl)cc21. The lowest BCUT2D eigenvalue weighted by atomic mass is 9.94. The normalized spacial score (nSPS) is 23.5. The lowest BCUT2D eigenvalue weighted by molar-refractivity contribution is -0.124. The maximum Gasteiger partial charge on any atom is 0.269 e. The van der Waals surface area contributed by atoms with Crippen molar-refractivity contribution in [3.63, 3.8) is 0 Å². The van der Waals surface area contributed by atoms with Gasteiger partial charge in [-0.3, -0.25) is 14.7 Å². The van der Waals surface area contributed by atoms with Gasteiger partial charge in [-0.1, -0.05) is 73.0 Å². The molecule has 0 radical (unpaired) electrons. The Bertz CT molecular complexity index is 1110. The van der Waals surface area contributed by atoms with Gasteiger partial charge in [-0.15, -0.1) is 0 Å².